The van der Waals surface area contributed by atoms with Crippen LogP contribution in [-0.2, 0) is 4.79 Å². The van der Waals surface area contributed by atoms with Crippen molar-refractivity contribution in [3.8, 4) is 0 Å². The predicted molar refractivity (Wildman–Crippen MR) is 81.0 cm³/mol. The number of carbonyl (C=O) groups is 1. The van der Waals surface area contributed by atoms with Gasteiger partial charge in [-0.2, -0.15) is 0 Å². The molecule has 0 saturated carbocycles. The van der Waals surface area contributed by atoms with Gasteiger partial charge in [0.15, 0.2) is 5.13 Å². The number of hydrogen-bond donors (Lipinski definition) is 2. The van der Waals surface area contributed by atoms with Crippen molar-refractivity contribution >= 4 is 44.2 Å². The number of rotatable bonds is 4. The zero-order valence-corrected chi connectivity index (χ0v) is 12.6. The van der Waals surface area contributed by atoms with Crippen LogP contribution in [0.3, 0.4) is 0 Å². The molecule has 19 heavy (non-hydrogen) atoms. The van der Waals surface area contributed by atoms with Crippen LogP contribution in [0.25, 0.3) is 10.2 Å². The van der Waals surface area contributed by atoms with E-state index in [1.807, 2.05) is 39.0 Å². The van der Waals surface area contributed by atoms with Crippen molar-refractivity contribution in [3.05, 3.63) is 23.2 Å². The first kappa shape index (κ1) is 14.1. The molecule has 0 bridgehead atoms. The summed E-state index contributed by atoms with van der Waals surface area (Å²) in [5.74, 6) is -0.0413. The van der Waals surface area contributed by atoms with E-state index in [2.05, 4.69) is 15.6 Å². The maximum atomic E-state index is 11.8. The number of amides is 1. The van der Waals surface area contributed by atoms with Crippen LogP contribution in [-0.4, -0.2) is 23.0 Å². The topological polar surface area (TPSA) is 54.0 Å². The predicted octanol–water partition coefficient (Wildman–Crippen LogP) is 3.27. The molecule has 0 aliphatic carbocycles. The molecule has 2 aromatic rings. The molecule has 6 heteroatoms. The highest BCUT2D eigenvalue weighted by Crippen LogP contribution is 2.31. The fraction of sp³-hybridized carbons (Fsp3) is 0.385. The van der Waals surface area contributed by atoms with E-state index in [0.717, 1.165) is 10.2 Å². The Hall–Kier alpha value is -1.33. The van der Waals surface area contributed by atoms with Crippen LogP contribution in [0.2, 0.25) is 5.02 Å². The number of aromatic nitrogens is 1. The van der Waals surface area contributed by atoms with Crippen LogP contribution in [0.1, 0.15) is 20.8 Å². The molecule has 1 atom stereocenters. The Bertz CT molecular complexity index is 597. The summed E-state index contributed by atoms with van der Waals surface area (Å²) in [6.45, 7) is 5.68. The van der Waals surface area contributed by atoms with Gasteiger partial charge in [0.05, 0.1) is 15.2 Å². The smallest absolute Gasteiger partial charge is 0.242 e. The molecule has 1 aromatic heterocycles. The molecule has 1 aromatic carbocycles. The summed E-state index contributed by atoms with van der Waals surface area (Å²) in [6, 6.07) is 5.40. The van der Waals surface area contributed by atoms with E-state index in [-0.39, 0.29) is 18.0 Å². The van der Waals surface area contributed by atoms with E-state index in [1.54, 1.807) is 0 Å². The molecule has 1 heterocycles. The fourth-order valence-corrected chi connectivity index (χ4v) is 2.88. The van der Waals surface area contributed by atoms with Gasteiger partial charge in [-0.1, -0.05) is 29.0 Å². The standard InChI is InChI=1S/C13H16ClN3OS/c1-7(2)15-12(18)8(3)16-13-17-10-6-4-5-9(14)11(10)19-13/h4-8H,1-3H3,(H,15,18)(H,16,17). The van der Waals surface area contributed by atoms with Gasteiger partial charge in [0.1, 0.15) is 6.04 Å². The zero-order chi connectivity index (χ0) is 14.0. The van der Waals surface area contributed by atoms with E-state index in [4.69, 9.17) is 11.6 Å². The van der Waals surface area contributed by atoms with Crippen molar-refractivity contribution in [2.45, 2.75) is 32.9 Å². The molecule has 0 saturated heterocycles. The van der Waals surface area contributed by atoms with Crippen molar-refractivity contribution in [2.75, 3.05) is 5.32 Å². The summed E-state index contributed by atoms with van der Waals surface area (Å²) >= 11 is 7.56. The lowest BCUT2D eigenvalue weighted by Crippen LogP contribution is -2.40. The number of carbonyl (C=O) groups excluding carboxylic acids is 1. The third kappa shape index (κ3) is 3.36. The minimum absolute atomic E-state index is 0.0413. The van der Waals surface area contributed by atoms with Crippen LogP contribution in [0, 0.1) is 0 Å². The summed E-state index contributed by atoms with van der Waals surface area (Å²) < 4.78 is 0.933. The Morgan fingerprint density at radius 3 is 2.74 bits per heavy atom. The third-order valence-electron chi connectivity index (χ3n) is 2.53. The number of nitrogens with one attached hydrogen (secondary N) is 2. The number of halogens is 1. The quantitative estimate of drug-likeness (QED) is 0.910. The third-order valence-corrected chi connectivity index (χ3v) is 3.99. The lowest BCUT2D eigenvalue weighted by Gasteiger charge is -2.15. The second-order valence-electron chi connectivity index (χ2n) is 4.64. The highest BCUT2D eigenvalue weighted by atomic mass is 35.5. The molecule has 0 aliphatic rings. The Morgan fingerprint density at radius 2 is 2.11 bits per heavy atom. The number of nitrogens with zero attached hydrogens (tertiary/aromatic N) is 1. The molecule has 1 unspecified atom stereocenters. The van der Waals surface area contributed by atoms with Crippen LogP contribution in [0.5, 0.6) is 0 Å². The summed E-state index contributed by atoms with van der Waals surface area (Å²) in [5, 5.41) is 7.34. The van der Waals surface area contributed by atoms with E-state index < -0.39 is 0 Å². The summed E-state index contributed by atoms with van der Waals surface area (Å²) in [4.78, 5) is 16.2. The highest BCUT2D eigenvalue weighted by Gasteiger charge is 2.15. The van der Waals surface area contributed by atoms with Crippen LogP contribution in [0.4, 0.5) is 5.13 Å². The first-order chi connectivity index (χ1) is 8.97. The zero-order valence-electron chi connectivity index (χ0n) is 11.0. The van der Waals surface area contributed by atoms with E-state index in [1.165, 1.54) is 11.3 Å². The highest BCUT2D eigenvalue weighted by molar-refractivity contribution is 7.22. The van der Waals surface area contributed by atoms with Gasteiger partial charge in [0.25, 0.3) is 0 Å². The second kappa shape index (κ2) is 5.75. The largest absolute Gasteiger partial charge is 0.352 e. The average molecular weight is 298 g/mol. The summed E-state index contributed by atoms with van der Waals surface area (Å²) in [5.41, 5.74) is 0.844. The molecule has 4 nitrogen and oxygen atoms in total. The lowest BCUT2D eigenvalue weighted by molar-refractivity contribution is -0.122. The first-order valence-electron chi connectivity index (χ1n) is 6.09. The first-order valence-corrected chi connectivity index (χ1v) is 7.29. The van der Waals surface area contributed by atoms with Crippen molar-refractivity contribution in [3.63, 3.8) is 0 Å². The Morgan fingerprint density at radius 1 is 1.37 bits per heavy atom. The fourth-order valence-electron chi connectivity index (χ4n) is 1.64. The Labute approximate surface area is 121 Å². The van der Waals surface area contributed by atoms with Gasteiger partial charge in [-0.25, -0.2) is 4.98 Å². The van der Waals surface area contributed by atoms with Crippen LogP contribution < -0.4 is 10.6 Å². The Kier molecular flexibility index (Phi) is 4.27. The summed E-state index contributed by atoms with van der Waals surface area (Å²) in [7, 11) is 0. The van der Waals surface area contributed by atoms with Crippen molar-refractivity contribution < 1.29 is 4.79 Å². The summed E-state index contributed by atoms with van der Waals surface area (Å²) in [6.07, 6.45) is 0. The van der Waals surface area contributed by atoms with Crippen LogP contribution >= 0.6 is 22.9 Å². The SMILES string of the molecule is CC(C)NC(=O)C(C)Nc1nc2cccc(Cl)c2s1. The van der Waals surface area contributed by atoms with Gasteiger partial charge < -0.3 is 10.6 Å². The number of hydrogen-bond acceptors (Lipinski definition) is 4. The number of thiazole rings is 1. The Balaban J connectivity index is 2.13. The molecule has 0 fully saturated rings. The van der Waals surface area contributed by atoms with Crippen molar-refractivity contribution in [1.82, 2.24) is 10.3 Å². The van der Waals surface area contributed by atoms with Crippen molar-refractivity contribution in [2.24, 2.45) is 0 Å². The lowest BCUT2D eigenvalue weighted by atomic mass is 10.3. The van der Waals surface area contributed by atoms with Gasteiger partial charge in [0, 0.05) is 6.04 Å². The maximum absolute atomic E-state index is 11.8. The van der Waals surface area contributed by atoms with Gasteiger partial charge >= 0.3 is 0 Å². The van der Waals surface area contributed by atoms with E-state index in [0.29, 0.717) is 10.2 Å². The monoisotopic (exact) mass is 297 g/mol. The molecule has 0 aliphatic heterocycles. The van der Waals surface area contributed by atoms with E-state index in [9.17, 15) is 4.79 Å². The van der Waals surface area contributed by atoms with Gasteiger partial charge in [-0.15, -0.1) is 0 Å². The normalized spacial score (nSPS) is 12.7. The van der Waals surface area contributed by atoms with Gasteiger partial charge in [0.2, 0.25) is 5.91 Å². The molecule has 0 radical (unpaired) electrons. The number of fused-ring (bicyclic) bond motifs is 1. The molecule has 1 amide bonds. The molecule has 0 spiro atoms. The molecular weight excluding hydrogens is 282 g/mol. The minimum Gasteiger partial charge on any atom is -0.352 e. The number of benzene rings is 1. The van der Waals surface area contributed by atoms with Crippen LogP contribution in [0.15, 0.2) is 18.2 Å². The molecule has 2 rings (SSSR count). The molecule has 2 N–H and O–H groups in total. The molecular formula is C13H16ClN3OS. The molecule has 102 valence electrons. The van der Waals surface area contributed by atoms with E-state index >= 15 is 0 Å². The van der Waals surface area contributed by atoms with Gasteiger partial charge in [-0.05, 0) is 32.9 Å². The maximum Gasteiger partial charge on any atom is 0.242 e. The van der Waals surface area contributed by atoms with Crippen molar-refractivity contribution in [1.29, 1.82) is 0 Å². The second-order valence-corrected chi connectivity index (χ2v) is 6.04. The average Bonchev–Trinajstić information content (AvgIpc) is 2.72. The minimum atomic E-state index is -0.332. The number of anilines is 1. The van der Waals surface area contributed by atoms with Gasteiger partial charge in [-0.3, -0.25) is 4.79 Å².